The quantitative estimate of drug-likeness (QED) is 0.0649. The molecule has 0 bridgehead atoms. The first-order chi connectivity index (χ1) is 18.2. The second kappa shape index (κ2) is 13.7. The van der Waals surface area contributed by atoms with Gasteiger partial charge in [-0.25, -0.2) is 15.0 Å². The van der Waals surface area contributed by atoms with E-state index in [-0.39, 0.29) is 25.4 Å². The Morgan fingerprint density at radius 3 is 2.21 bits per heavy atom. The van der Waals surface area contributed by atoms with E-state index in [2.05, 4.69) is 25.0 Å². The fraction of sp³-hybridized carbons (Fsp3) is 0.682. The van der Waals surface area contributed by atoms with E-state index in [1.807, 2.05) is 0 Å². The van der Waals surface area contributed by atoms with E-state index in [0.29, 0.717) is 11.2 Å². The number of nitrogens with zero attached hydrogens (tertiary/aromatic N) is 7. The zero-order valence-corrected chi connectivity index (χ0v) is 23.8. The minimum absolute atomic E-state index is 0.0200. The maximum Gasteiger partial charge on any atom is 0.361 e. The highest BCUT2D eigenvalue weighted by atomic mass is 31.2. The van der Waals surface area contributed by atoms with E-state index in [9.17, 15) is 14.2 Å². The third kappa shape index (κ3) is 9.75. The number of nitrogens with two attached hydrogens (primary N) is 1. The molecule has 2 aromatic heterocycles. The number of esters is 2. The number of aromatic nitrogens is 4. The summed E-state index contributed by atoms with van der Waals surface area (Å²) in [5, 5.41) is 3.64. The number of imidazole rings is 1. The van der Waals surface area contributed by atoms with Crippen LogP contribution < -0.4 is 5.73 Å². The molecule has 0 saturated carbocycles. The van der Waals surface area contributed by atoms with E-state index < -0.39 is 56.3 Å². The molecule has 216 valence electrons. The number of carbonyl (C=O) groups excluding carboxylic acids is 2. The summed E-state index contributed by atoms with van der Waals surface area (Å²) >= 11 is 0. The van der Waals surface area contributed by atoms with Crippen LogP contribution in [0.3, 0.4) is 0 Å². The van der Waals surface area contributed by atoms with Crippen LogP contribution in [0, 0.1) is 10.8 Å². The van der Waals surface area contributed by atoms with Crippen LogP contribution >= 0.6 is 7.60 Å². The zero-order chi connectivity index (χ0) is 29.3. The summed E-state index contributed by atoms with van der Waals surface area (Å²) in [6, 6.07) is -0.429. The SMILES string of the molecule is CC(C)(C)C(=O)OCOP(=O)(COCCC(CN=[N+]=[N-])n1cnc2c(N)ncnc21)OCOC(=O)C(C)(C)C. The molecule has 2 heterocycles. The van der Waals surface area contributed by atoms with Crippen molar-refractivity contribution in [2.45, 2.75) is 54.0 Å². The summed E-state index contributed by atoms with van der Waals surface area (Å²) in [6.45, 7) is 8.64. The fourth-order valence-electron chi connectivity index (χ4n) is 2.85. The lowest BCUT2D eigenvalue weighted by atomic mass is 9.98. The number of hydrogen-bond donors (Lipinski definition) is 1. The molecule has 0 radical (unpaired) electrons. The van der Waals surface area contributed by atoms with Gasteiger partial charge in [-0.3, -0.25) is 23.2 Å². The summed E-state index contributed by atoms with van der Waals surface area (Å²) in [5.41, 5.74) is 13.9. The number of azide groups is 1. The third-order valence-electron chi connectivity index (χ3n) is 5.08. The molecular formula is C22H35N8O8P. The van der Waals surface area contributed by atoms with Gasteiger partial charge in [-0.1, -0.05) is 5.11 Å². The van der Waals surface area contributed by atoms with E-state index >= 15 is 0 Å². The van der Waals surface area contributed by atoms with Crippen LogP contribution in [-0.2, 0) is 37.4 Å². The molecular weight excluding hydrogens is 535 g/mol. The smallest absolute Gasteiger partial charge is 0.361 e. The molecule has 1 atom stereocenters. The van der Waals surface area contributed by atoms with Gasteiger partial charge in [0, 0.05) is 24.1 Å². The highest BCUT2D eigenvalue weighted by Gasteiger charge is 2.30. The predicted molar refractivity (Wildman–Crippen MR) is 139 cm³/mol. The summed E-state index contributed by atoms with van der Waals surface area (Å²) in [6.07, 6.45) is 2.53. The van der Waals surface area contributed by atoms with Gasteiger partial charge >= 0.3 is 19.5 Å². The predicted octanol–water partition coefficient (Wildman–Crippen LogP) is 3.94. The minimum Gasteiger partial charge on any atom is -0.438 e. The van der Waals surface area contributed by atoms with Gasteiger partial charge in [-0.05, 0) is 53.5 Å². The van der Waals surface area contributed by atoms with E-state index in [0.717, 1.165) is 0 Å². The van der Waals surface area contributed by atoms with Gasteiger partial charge in [0.05, 0.1) is 17.2 Å². The Morgan fingerprint density at radius 1 is 1.08 bits per heavy atom. The maximum absolute atomic E-state index is 13.3. The van der Waals surface area contributed by atoms with Crippen molar-refractivity contribution in [2.24, 2.45) is 15.9 Å². The van der Waals surface area contributed by atoms with Crippen LogP contribution in [0.4, 0.5) is 5.82 Å². The number of nitrogen functional groups attached to an aromatic ring is 1. The molecule has 2 rings (SSSR count). The highest BCUT2D eigenvalue weighted by molar-refractivity contribution is 7.53. The van der Waals surface area contributed by atoms with Gasteiger partial charge < -0.3 is 24.5 Å². The van der Waals surface area contributed by atoms with Gasteiger partial charge in [0.15, 0.2) is 11.5 Å². The number of ether oxygens (including phenoxy) is 3. The minimum atomic E-state index is -4.04. The molecule has 1 unspecified atom stereocenters. The Hall–Kier alpha value is -3.29. The van der Waals surface area contributed by atoms with E-state index in [1.165, 1.54) is 12.7 Å². The van der Waals surface area contributed by atoms with Crippen molar-refractivity contribution in [3.63, 3.8) is 0 Å². The summed E-state index contributed by atoms with van der Waals surface area (Å²) in [5.74, 6) is -0.953. The number of hydrogen-bond acceptors (Lipinski definition) is 13. The van der Waals surface area contributed by atoms with Crippen molar-refractivity contribution in [1.82, 2.24) is 19.5 Å². The molecule has 0 amide bonds. The molecule has 2 N–H and O–H groups in total. The first-order valence-corrected chi connectivity index (χ1v) is 13.6. The van der Waals surface area contributed by atoms with Gasteiger partial charge in [0.1, 0.15) is 18.2 Å². The number of rotatable bonds is 14. The highest BCUT2D eigenvalue weighted by Crippen LogP contribution is 2.48. The van der Waals surface area contributed by atoms with Crippen molar-refractivity contribution in [3.8, 4) is 0 Å². The van der Waals surface area contributed by atoms with Crippen LogP contribution in [0.15, 0.2) is 17.8 Å². The third-order valence-corrected chi connectivity index (χ3v) is 6.58. The summed E-state index contributed by atoms with van der Waals surface area (Å²) in [4.78, 5) is 39.2. The largest absolute Gasteiger partial charge is 0.438 e. The molecule has 39 heavy (non-hydrogen) atoms. The lowest BCUT2D eigenvalue weighted by Crippen LogP contribution is -2.25. The van der Waals surface area contributed by atoms with Crippen molar-refractivity contribution in [3.05, 3.63) is 23.1 Å². The van der Waals surface area contributed by atoms with Crippen LogP contribution in [0.5, 0.6) is 0 Å². The molecule has 0 aromatic carbocycles. The van der Waals surface area contributed by atoms with Gasteiger partial charge in [-0.2, -0.15) is 0 Å². The maximum atomic E-state index is 13.3. The molecule has 0 spiro atoms. The molecule has 0 aliphatic carbocycles. The molecule has 17 heteroatoms. The Bertz CT molecular complexity index is 1200. The van der Waals surface area contributed by atoms with Crippen molar-refractivity contribution >= 4 is 36.5 Å². The van der Waals surface area contributed by atoms with Crippen molar-refractivity contribution in [1.29, 1.82) is 0 Å². The lowest BCUT2D eigenvalue weighted by molar-refractivity contribution is -0.162. The monoisotopic (exact) mass is 570 g/mol. The second-order valence-electron chi connectivity index (χ2n) is 10.4. The number of anilines is 1. The Kier molecular flexibility index (Phi) is 11.2. The molecule has 0 fully saturated rings. The molecule has 2 aromatic rings. The average Bonchev–Trinajstić information content (AvgIpc) is 3.28. The topological polar surface area (TPSA) is 216 Å². The average molecular weight is 571 g/mol. The van der Waals surface area contributed by atoms with E-state index in [1.54, 1.807) is 46.1 Å². The fourth-order valence-corrected chi connectivity index (χ4v) is 3.85. The standard InChI is InChI=1S/C22H35N8O8P/c1-21(2,3)19(31)35-12-37-39(33,38-13-36-20(32)22(4,5)6)14-34-8-7-15(9-28-29-24)30-11-27-16-17(23)25-10-26-18(16)30/h10-11,15H,7-9,12-14H2,1-6H3,(H2,23,25,26). The van der Waals surface area contributed by atoms with Gasteiger partial charge in [0.25, 0.3) is 0 Å². The lowest BCUT2D eigenvalue weighted by Gasteiger charge is -2.22. The van der Waals surface area contributed by atoms with Gasteiger partial charge in [-0.15, -0.1) is 0 Å². The Balaban J connectivity index is 2.05. The molecule has 0 aliphatic heterocycles. The van der Waals surface area contributed by atoms with Crippen LogP contribution in [0.25, 0.3) is 21.6 Å². The summed E-state index contributed by atoms with van der Waals surface area (Å²) in [7, 11) is -4.04. The number of carbonyl (C=O) groups is 2. The van der Waals surface area contributed by atoms with Crippen LogP contribution in [0.2, 0.25) is 0 Å². The van der Waals surface area contributed by atoms with Crippen molar-refractivity contribution in [2.75, 3.05) is 38.8 Å². The zero-order valence-electron chi connectivity index (χ0n) is 22.9. The van der Waals surface area contributed by atoms with Crippen LogP contribution in [0.1, 0.15) is 54.0 Å². The first kappa shape index (κ1) is 31.9. The molecule has 0 saturated heterocycles. The van der Waals surface area contributed by atoms with Crippen LogP contribution in [-0.4, -0.2) is 64.5 Å². The molecule has 0 aliphatic rings. The second-order valence-corrected chi connectivity index (χ2v) is 12.4. The first-order valence-electron chi connectivity index (χ1n) is 11.9. The summed E-state index contributed by atoms with van der Waals surface area (Å²) < 4.78 is 41.0. The van der Waals surface area contributed by atoms with Gasteiger partial charge in [0.2, 0.25) is 13.6 Å². The normalized spacial score (nSPS) is 13.1. The number of fused-ring (bicyclic) bond motifs is 1. The molecule has 16 nitrogen and oxygen atoms in total. The van der Waals surface area contributed by atoms with E-state index in [4.69, 9.17) is 34.5 Å². The Labute approximate surface area is 225 Å². The Morgan fingerprint density at radius 2 is 1.67 bits per heavy atom. The van der Waals surface area contributed by atoms with Crippen molar-refractivity contribution < 1.29 is 37.4 Å².